The van der Waals surface area contributed by atoms with Crippen molar-refractivity contribution >= 4 is 21.6 Å². The minimum Gasteiger partial charge on any atom is -0.272 e. The van der Waals surface area contributed by atoms with Crippen LogP contribution in [0, 0.1) is 18.3 Å². The molecule has 0 unspecified atom stereocenters. The second-order valence-electron chi connectivity index (χ2n) is 4.67. The predicted molar refractivity (Wildman–Crippen MR) is 66.4 cm³/mol. The standard InChI is InChI=1S/C12H12N2O3S/c1-8-5-4-6-10(9(8)7-13)14-11(15)12(2,3)18(14,16)17/h4-6H,1-3H3. The molecule has 1 saturated heterocycles. The van der Waals surface area contributed by atoms with E-state index in [2.05, 4.69) is 0 Å². The highest BCUT2D eigenvalue weighted by atomic mass is 32.2. The van der Waals surface area contributed by atoms with Gasteiger partial charge in [-0.3, -0.25) is 4.79 Å². The van der Waals surface area contributed by atoms with Crippen LogP contribution in [-0.4, -0.2) is 19.1 Å². The third-order valence-corrected chi connectivity index (χ3v) is 5.47. The van der Waals surface area contributed by atoms with Crippen LogP contribution in [0.2, 0.25) is 0 Å². The zero-order valence-corrected chi connectivity index (χ0v) is 11.1. The summed E-state index contributed by atoms with van der Waals surface area (Å²) < 4.78 is 23.4. The summed E-state index contributed by atoms with van der Waals surface area (Å²) >= 11 is 0. The number of carbonyl (C=O) groups is 1. The smallest absolute Gasteiger partial charge is 0.263 e. The van der Waals surface area contributed by atoms with Gasteiger partial charge in [0.15, 0.2) is 4.75 Å². The first kappa shape index (κ1) is 12.6. The number of nitrogens with zero attached hydrogens (tertiary/aromatic N) is 2. The molecule has 18 heavy (non-hydrogen) atoms. The lowest BCUT2D eigenvalue weighted by Crippen LogP contribution is -2.67. The molecule has 0 N–H and O–H groups in total. The summed E-state index contributed by atoms with van der Waals surface area (Å²) in [6.07, 6.45) is 0. The lowest BCUT2D eigenvalue weighted by Gasteiger charge is -2.43. The Labute approximate surface area is 106 Å². The van der Waals surface area contributed by atoms with Gasteiger partial charge in [-0.15, -0.1) is 0 Å². The number of rotatable bonds is 1. The number of sulfonamides is 1. The van der Waals surface area contributed by atoms with Crippen LogP contribution in [0.1, 0.15) is 25.0 Å². The lowest BCUT2D eigenvalue weighted by atomic mass is 10.1. The number of amides is 1. The van der Waals surface area contributed by atoms with Crippen LogP contribution >= 0.6 is 0 Å². The number of hydrogen-bond acceptors (Lipinski definition) is 4. The molecule has 0 saturated carbocycles. The van der Waals surface area contributed by atoms with E-state index >= 15 is 0 Å². The normalized spacial score (nSPS) is 20.1. The quantitative estimate of drug-likeness (QED) is 0.766. The van der Waals surface area contributed by atoms with E-state index in [4.69, 9.17) is 5.26 Å². The van der Waals surface area contributed by atoms with Crippen LogP contribution in [0.3, 0.4) is 0 Å². The van der Waals surface area contributed by atoms with Crippen LogP contribution < -0.4 is 4.31 Å². The largest absolute Gasteiger partial charge is 0.272 e. The molecular weight excluding hydrogens is 252 g/mol. The Hall–Kier alpha value is -1.87. The fourth-order valence-corrected chi connectivity index (χ4v) is 3.35. The van der Waals surface area contributed by atoms with Crippen LogP contribution in [0.15, 0.2) is 18.2 Å². The molecule has 0 spiro atoms. The third kappa shape index (κ3) is 1.31. The lowest BCUT2D eigenvalue weighted by molar-refractivity contribution is -0.120. The Morgan fingerprint density at radius 2 is 1.94 bits per heavy atom. The maximum Gasteiger partial charge on any atom is 0.263 e. The van der Waals surface area contributed by atoms with Crippen LogP contribution in [0.5, 0.6) is 0 Å². The van der Waals surface area contributed by atoms with E-state index in [0.29, 0.717) is 5.56 Å². The highest BCUT2D eigenvalue weighted by Gasteiger charge is 2.61. The average Bonchev–Trinajstić information content (AvgIpc) is 2.29. The van der Waals surface area contributed by atoms with Gasteiger partial charge >= 0.3 is 0 Å². The molecule has 0 aromatic heterocycles. The molecule has 5 nitrogen and oxygen atoms in total. The van der Waals surface area contributed by atoms with Gasteiger partial charge in [0.2, 0.25) is 0 Å². The third-order valence-electron chi connectivity index (χ3n) is 3.17. The first-order valence-electron chi connectivity index (χ1n) is 5.34. The van der Waals surface area contributed by atoms with Gasteiger partial charge in [-0.2, -0.15) is 5.26 Å². The summed E-state index contributed by atoms with van der Waals surface area (Å²) in [6.45, 7) is 4.43. The van der Waals surface area contributed by atoms with Gasteiger partial charge in [0.1, 0.15) is 6.07 Å². The summed E-state index contributed by atoms with van der Waals surface area (Å²) in [5.74, 6) is -0.510. The molecule has 94 valence electrons. The summed E-state index contributed by atoms with van der Waals surface area (Å²) in [6, 6.07) is 6.73. The number of nitriles is 1. The van der Waals surface area contributed by atoms with E-state index in [1.54, 1.807) is 19.1 Å². The molecule has 1 aliphatic heterocycles. The number of hydrogen-bond donors (Lipinski definition) is 0. The molecule has 1 aromatic carbocycles. The number of benzene rings is 1. The second-order valence-corrected chi connectivity index (χ2v) is 7.00. The molecule has 1 heterocycles. The van der Waals surface area contributed by atoms with Gasteiger partial charge in [-0.1, -0.05) is 12.1 Å². The monoisotopic (exact) mass is 264 g/mol. The van der Waals surface area contributed by atoms with Gasteiger partial charge in [-0.05, 0) is 32.4 Å². The van der Waals surface area contributed by atoms with Crippen molar-refractivity contribution < 1.29 is 13.2 Å². The van der Waals surface area contributed by atoms with Crippen LogP contribution in [-0.2, 0) is 14.8 Å². The Balaban J connectivity index is 2.65. The van der Waals surface area contributed by atoms with Crippen molar-refractivity contribution in [3.05, 3.63) is 29.3 Å². The molecule has 1 amide bonds. The Bertz CT molecular complexity index is 684. The minimum absolute atomic E-state index is 0.141. The van der Waals surface area contributed by atoms with Crippen LogP contribution in [0.4, 0.5) is 5.69 Å². The van der Waals surface area contributed by atoms with Crippen molar-refractivity contribution in [2.24, 2.45) is 0 Å². The highest BCUT2D eigenvalue weighted by molar-refractivity contribution is 7.98. The van der Waals surface area contributed by atoms with Crippen molar-refractivity contribution in [2.45, 2.75) is 25.5 Å². The van der Waals surface area contributed by atoms with E-state index in [1.807, 2.05) is 6.07 Å². The van der Waals surface area contributed by atoms with Crippen LogP contribution in [0.25, 0.3) is 0 Å². The van der Waals surface area contributed by atoms with E-state index < -0.39 is 20.7 Å². The minimum atomic E-state index is -3.72. The van der Waals surface area contributed by atoms with Gasteiger partial charge in [0.25, 0.3) is 15.9 Å². The summed E-state index contributed by atoms with van der Waals surface area (Å²) in [4.78, 5) is 11.9. The predicted octanol–water partition coefficient (Wildman–Crippen LogP) is 1.32. The Morgan fingerprint density at radius 1 is 1.33 bits per heavy atom. The molecule has 2 rings (SSSR count). The van der Waals surface area contributed by atoms with E-state index in [1.165, 1.54) is 19.9 Å². The SMILES string of the molecule is Cc1cccc(N2C(=O)C(C)(C)S2(=O)=O)c1C#N. The molecule has 0 radical (unpaired) electrons. The molecule has 0 atom stereocenters. The van der Waals surface area contributed by atoms with E-state index in [-0.39, 0.29) is 11.3 Å². The highest BCUT2D eigenvalue weighted by Crippen LogP contribution is 2.40. The van der Waals surface area contributed by atoms with Crippen molar-refractivity contribution in [3.8, 4) is 6.07 Å². The van der Waals surface area contributed by atoms with Gasteiger partial charge in [0.05, 0.1) is 11.3 Å². The van der Waals surface area contributed by atoms with Crippen molar-refractivity contribution in [1.82, 2.24) is 0 Å². The number of aryl methyl sites for hydroxylation is 1. The zero-order chi connectivity index (χ0) is 13.7. The molecule has 1 fully saturated rings. The molecular formula is C12H12N2O3S. The Morgan fingerprint density at radius 3 is 2.44 bits per heavy atom. The van der Waals surface area contributed by atoms with Gasteiger partial charge < -0.3 is 0 Å². The summed E-state index contributed by atoms with van der Waals surface area (Å²) in [7, 11) is -3.72. The molecule has 1 aromatic rings. The fourth-order valence-electron chi connectivity index (χ4n) is 1.86. The summed E-state index contributed by atoms with van der Waals surface area (Å²) in [5.41, 5.74) is 0.995. The maximum absolute atomic E-state index is 12.1. The first-order valence-corrected chi connectivity index (χ1v) is 6.78. The first-order chi connectivity index (χ1) is 8.25. The zero-order valence-electron chi connectivity index (χ0n) is 10.3. The number of anilines is 1. The molecule has 1 aliphatic rings. The second kappa shape index (κ2) is 3.56. The number of carbonyl (C=O) groups excluding carboxylic acids is 1. The van der Waals surface area contributed by atoms with E-state index in [9.17, 15) is 13.2 Å². The molecule has 6 heteroatoms. The van der Waals surface area contributed by atoms with Gasteiger partial charge in [0, 0.05) is 0 Å². The van der Waals surface area contributed by atoms with E-state index in [0.717, 1.165) is 4.31 Å². The van der Waals surface area contributed by atoms with Crippen molar-refractivity contribution in [2.75, 3.05) is 4.31 Å². The average molecular weight is 264 g/mol. The van der Waals surface area contributed by atoms with Crippen molar-refractivity contribution in [1.29, 1.82) is 5.26 Å². The molecule has 0 aliphatic carbocycles. The summed E-state index contributed by atoms with van der Waals surface area (Å²) in [5, 5.41) is 9.07. The maximum atomic E-state index is 12.1. The van der Waals surface area contributed by atoms with Gasteiger partial charge in [-0.25, -0.2) is 12.7 Å². The fraction of sp³-hybridized carbons (Fsp3) is 0.333. The molecule has 0 bridgehead atoms. The topological polar surface area (TPSA) is 78.2 Å². The Kier molecular flexibility index (Phi) is 2.49. The van der Waals surface area contributed by atoms with Crippen molar-refractivity contribution in [3.63, 3.8) is 0 Å².